The Labute approximate surface area is 368 Å². The van der Waals surface area contributed by atoms with E-state index in [0.29, 0.717) is 31.2 Å². The number of hydrogen-bond acceptors (Lipinski definition) is 11. The molecule has 2 aliphatic heterocycles. The summed E-state index contributed by atoms with van der Waals surface area (Å²) in [7, 11) is -1.57. The van der Waals surface area contributed by atoms with Gasteiger partial charge in [-0.05, 0) is 85.3 Å². The van der Waals surface area contributed by atoms with Crippen LogP contribution in [0, 0.1) is 5.92 Å². The van der Waals surface area contributed by atoms with Crippen LogP contribution < -0.4 is 20.1 Å². The predicted octanol–water partition coefficient (Wildman–Crippen LogP) is 6.35. The van der Waals surface area contributed by atoms with E-state index in [0.717, 1.165) is 57.3 Å². The monoisotopic (exact) mass is 894 g/mol. The van der Waals surface area contributed by atoms with Gasteiger partial charge in [0.2, 0.25) is 11.8 Å². The molecular formula is C44H62N8O8S2. The van der Waals surface area contributed by atoms with E-state index in [1.807, 2.05) is 48.8 Å². The second-order valence-corrected chi connectivity index (χ2v) is 21.4. The molecule has 0 spiro atoms. The van der Waals surface area contributed by atoms with Crippen molar-refractivity contribution in [3.8, 4) is 16.6 Å². The predicted molar refractivity (Wildman–Crippen MR) is 237 cm³/mol. The van der Waals surface area contributed by atoms with Crippen molar-refractivity contribution in [1.82, 2.24) is 39.1 Å². The molecule has 2 aromatic heterocycles. The van der Waals surface area contributed by atoms with Crippen LogP contribution in [0.25, 0.3) is 21.6 Å². The fourth-order valence-electron chi connectivity index (χ4n) is 8.91. The number of benzene rings is 1. The molecule has 0 bridgehead atoms. The Balaban J connectivity index is 1.22. The molecule has 338 valence electrons. The zero-order valence-corrected chi connectivity index (χ0v) is 38.6. The molecule has 4 amide bonds. The second kappa shape index (κ2) is 18.3. The van der Waals surface area contributed by atoms with Crippen molar-refractivity contribution in [3.63, 3.8) is 0 Å². The Hall–Kier alpha value is -4.55. The van der Waals surface area contributed by atoms with Crippen LogP contribution in [0.4, 0.5) is 4.79 Å². The first kappa shape index (κ1) is 45.5. The van der Waals surface area contributed by atoms with Crippen LogP contribution in [0.3, 0.4) is 0 Å². The molecule has 62 heavy (non-hydrogen) atoms. The van der Waals surface area contributed by atoms with E-state index in [2.05, 4.69) is 20.7 Å². The number of ether oxygens (including phenoxy) is 2. The second-order valence-electron chi connectivity index (χ2n) is 18.7. The molecular weight excluding hydrogens is 833 g/mol. The summed E-state index contributed by atoms with van der Waals surface area (Å²) in [5.74, 6) is -2.00. The minimum atomic E-state index is -4.18. The minimum Gasteiger partial charge on any atom is -0.459 e. The molecule has 16 nitrogen and oxygen atoms in total. The van der Waals surface area contributed by atoms with Gasteiger partial charge in [0.1, 0.15) is 39.9 Å². The maximum Gasteiger partial charge on any atom is 0.408 e. The van der Waals surface area contributed by atoms with E-state index >= 15 is 0 Å². The van der Waals surface area contributed by atoms with Gasteiger partial charge in [-0.3, -0.25) is 19.0 Å². The third-order valence-electron chi connectivity index (χ3n) is 12.3. The van der Waals surface area contributed by atoms with Crippen LogP contribution in [0.1, 0.15) is 129 Å². The number of nitrogens with one attached hydrogen (secondary N) is 3. The quantitative estimate of drug-likeness (QED) is 0.204. The van der Waals surface area contributed by atoms with Gasteiger partial charge < -0.3 is 25.0 Å². The Morgan fingerprint density at radius 3 is 2.47 bits per heavy atom. The number of rotatable bonds is 9. The minimum absolute atomic E-state index is 0.0215. The van der Waals surface area contributed by atoms with Crippen molar-refractivity contribution in [2.24, 2.45) is 5.92 Å². The normalized spacial score (nSPS) is 25.5. The van der Waals surface area contributed by atoms with Crippen LogP contribution >= 0.6 is 11.3 Å². The van der Waals surface area contributed by atoms with E-state index in [9.17, 15) is 27.6 Å². The van der Waals surface area contributed by atoms with Gasteiger partial charge in [0.15, 0.2) is 0 Å². The number of hydrogen-bond donors (Lipinski definition) is 3. The van der Waals surface area contributed by atoms with Crippen LogP contribution in [0.2, 0.25) is 0 Å². The molecule has 1 saturated heterocycles. The van der Waals surface area contributed by atoms with Crippen molar-refractivity contribution in [1.29, 1.82) is 0 Å². The number of alkyl carbamates (subject to hydrolysis) is 1. The third-order valence-corrected chi connectivity index (χ3v) is 14.6. The van der Waals surface area contributed by atoms with Crippen molar-refractivity contribution < 1.29 is 37.1 Å². The molecule has 3 aromatic rings. The molecule has 2 saturated carbocycles. The summed E-state index contributed by atoms with van der Waals surface area (Å²) < 4.78 is 43.0. The van der Waals surface area contributed by atoms with Gasteiger partial charge in [-0.2, -0.15) is 17.7 Å². The van der Waals surface area contributed by atoms with Crippen LogP contribution in [0.5, 0.6) is 6.01 Å². The van der Waals surface area contributed by atoms with Crippen LogP contribution in [0.15, 0.2) is 35.7 Å². The number of fused-ring (bicyclic) bond motifs is 3. The fourth-order valence-corrected chi connectivity index (χ4v) is 10.4. The molecule has 1 aromatic carbocycles. The molecule has 0 radical (unpaired) electrons. The van der Waals surface area contributed by atoms with Crippen molar-refractivity contribution in [2.45, 2.75) is 153 Å². The Kier molecular flexibility index (Phi) is 13.4. The molecule has 3 N–H and O–H groups in total. The average Bonchev–Trinajstić information content (AvgIpc) is 3.56. The number of thiazole rings is 1. The molecule has 7 rings (SSSR count). The number of aromatic nitrogens is 3. The summed E-state index contributed by atoms with van der Waals surface area (Å²) in [6.45, 7) is 9.26. The van der Waals surface area contributed by atoms with E-state index in [1.54, 1.807) is 32.1 Å². The van der Waals surface area contributed by atoms with Crippen LogP contribution in [-0.4, -0.2) is 106 Å². The summed E-state index contributed by atoms with van der Waals surface area (Å²) in [4.78, 5) is 67.9. The standard InChI is InChI=1S/C44H62N8O8S2/c1-27(2)52-34-22-16-20-31(38-45-33(26-61-38)28-17-12-11-13-18-28)36(34)47-41(52)59-30-23-35-37(53)48-44(40(55)49-62(57,58)50(6)7)24-29(44)19-14-9-8-10-15-21-32(39(54)51(35)25-30)46-42(56)60-43(3,4)5/h14,16,19-20,22,26-30,32,35H,8-13,15,17-18,21,23-25H2,1-7H3,(H,46,56)(H,48,53)(H,49,55). The lowest BCUT2D eigenvalue weighted by molar-refractivity contribution is -0.141. The highest BCUT2D eigenvalue weighted by atomic mass is 32.2. The van der Waals surface area contributed by atoms with Gasteiger partial charge in [-0.15, -0.1) is 11.3 Å². The molecule has 4 aliphatic rings. The van der Waals surface area contributed by atoms with Gasteiger partial charge in [-0.25, -0.2) is 14.5 Å². The first-order valence-corrected chi connectivity index (χ1v) is 24.4. The van der Waals surface area contributed by atoms with E-state index in [-0.39, 0.29) is 25.4 Å². The first-order valence-electron chi connectivity index (χ1n) is 22.0. The number of allylic oxidation sites excluding steroid dienone is 1. The van der Waals surface area contributed by atoms with E-state index in [1.165, 1.54) is 38.3 Å². The number of para-hydroxylation sites is 1. The topological polar surface area (TPSA) is 194 Å². The van der Waals surface area contributed by atoms with Gasteiger partial charge >= 0.3 is 16.3 Å². The lowest BCUT2D eigenvalue weighted by Crippen LogP contribution is -2.58. The van der Waals surface area contributed by atoms with E-state index in [4.69, 9.17) is 19.4 Å². The fraction of sp³-hybridized carbons (Fsp3) is 0.636. The van der Waals surface area contributed by atoms with Gasteiger partial charge in [-0.1, -0.05) is 50.3 Å². The largest absolute Gasteiger partial charge is 0.459 e. The number of carbonyl (C=O) groups is 4. The smallest absolute Gasteiger partial charge is 0.408 e. The van der Waals surface area contributed by atoms with Crippen LogP contribution in [-0.2, 0) is 29.3 Å². The Morgan fingerprint density at radius 2 is 1.76 bits per heavy atom. The van der Waals surface area contributed by atoms with Gasteiger partial charge in [0, 0.05) is 49.3 Å². The maximum absolute atomic E-state index is 14.7. The molecule has 4 heterocycles. The number of amides is 4. The summed E-state index contributed by atoms with van der Waals surface area (Å²) >= 11 is 1.62. The maximum atomic E-state index is 14.7. The van der Waals surface area contributed by atoms with Crippen molar-refractivity contribution in [3.05, 3.63) is 41.4 Å². The molecule has 5 atom stereocenters. The third kappa shape index (κ3) is 9.96. The highest BCUT2D eigenvalue weighted by Gasteiger charge is 2.62. The van der Waals surface area contributed by atoms with Crippen molar-refractivity contribution >= 4 is 56.4 Å². The molecule has 2 aliphatic carbocycles. The highest BCUT2D eigenvalue weighted by molar-refractivity contribution is 7.87. The SMILES string of the molecule is CC(C)n1c(OC2CC3C(=O)NC4(C(=O)NS(=O)(=O)N(C)C)CC4C=CCCCCCC(NC(=O)OC(C)(C)C)C(=O)N3C2)nc2c(-c3nc(C4CCCCC4)cs3)cccc21. The number of carbonyl (C=O) groups excluding carboxylic acids is 4. The lowest BCUT2D eigenvalue weighted by atomic mass is 9.87. The van der Waals surface area contributed by atoms with E-state index < -0.39 is 69.3 Å². The molecule has 18 heteroatoms. The lowest BCUT2D eigenvalue weighted by Gasteiger charge is -2.30. The van der Waals surface area contributed by atoms with Gasteiger partial charge in [0.05, 0.1) is 17.8 Å². The van der Waals surface area contributed by atoms with Crippen molar-refractivity contribution in [2.75, 3.05) is 20.6 Å². The molecule has 5 unspecified atom stereocenters. The highest BCUT2D eigenvalue weighted by Crippen LogP contribution is 2.46. The summed E-state index contributed by atoms with van der Waals surface area (Å²) in [6.07, 6.45) is 11.7. The Bertz CT molecular complexity index is 2290. The number of imidazole rings is 1. The summed E-state index contributed by atoms with van der Waals surface area (Å²) in [5, 5.41) is 8.73. The summed E-state index contributed by atoms with van der Waals surface area (Å²) in [5.41, 5.74) is 1.24. The zero-order valence-electron chi connectivity index (χ0n) is 36.9. The number of nitrogens with zero attached hydrogens (tertiary/aromatic N) is 5. The van der Waals surface area contributed by atoms with Gasteiger partial charge in [0.25, 0.3) is 11.9 Å². The summed E-state index contributed by atoms with van der Waals surface area (Å²) in [6, 6.07) is 4.11. The Morgan fingerprint density at radius 1 is 1.03 bits per heavy atom. The molecule has 3 fully saturated rings. The first-order chi connectivity index (χ1) is 29.4. The zero-order chi connectivity index (χ0) is 44.6. The average molecular weight is 895 g/mol.